The van der Waals surface area contributed by atoms with Crippen molar-refractivity contribution in [1.29, 1.82) is 0 Å². The van der Waals surface area contributed by atoms with Crippen LogP contribution < -0.4 is 5.32 Å². The average Bonchev–Trinajstić information content (AvgIpc) is 2.92. The molecule has 0 aromatic carbocycles. The molecule has 0 unspecified atom stereocenters. The van der Waals surface area contributed by atoms with Gasteiger partial charge in [-0.3, -0.25) is 14.6 Å². The second kappa shape index (κ2) is 6.11. The molecule has 2 rings (SSSR count). The van der Waals surface area contributed by atoms with E-state index in [1.165, 1.54) is 4.90 Å². The molecule has 1 aromatic rings. The zero-order chi connectivity index (χ0) is 15.6. The lowest BCUT2D eigenvalue weighted by molar-refractivity contribution is -0.130. The molecule has 0 atom stereocenters. The molecule has 7 heteroatoms. The molecule has 116 valence electrons. The number of nitrogens with one attached hydrogen (secondary N) is 1. The Hall–Kier alpha value is -1.47. The third kappa shape index (κ3) is 3.59. The van der Waals surface area contributed by atoms with Gasteiger partial charge in [0.15, 0.2) is 0 Å². The molecule has 0 radical (unpaired) electrons. The van der Waals surface area contributed by atoms with Crippen LogP contribution in [0.4, 0.5) is 4.79 Å². The summed E-state index contributed by atoms with van der Waals surface area (Å²) in [5.41, 5.74) is 0.248. The topological polar surface area (TPSA) is 65.5 Å². The molecule has 1 aliphatic heterocycles. The van der Waals surface area contributed by atoms with Crippen molar-refractivity contribution in [2.45, 2.75) is 39.3 Å². The largest absolute Gasteiger partial charge is 0.325 e. The number of rotatable bonds is 6. The maximum Gasteiger partial charge on any atom is 0.325 e. The van der Waals surface area contributed by atoms with Crippen LogP contribution in [-0.2, 0) is 17.8 Å². The first-order valence-electron chi connectivity index (χ1n) is 7.09. The van der Waals surface area contributed by atoms with Crippen molar-refractivity contribution >= 4 is 23.3 Å². The van der Waals surface area contributed by atoms with E-state index in [-0.39, 0.29) is 11.9 Å². The number of hydrogen-bond acceptors (Lipinski definition) is 5. The Morgan fingerprint density at radius 2 is 2.14 bits per heavy atom. The van der Waals surface area contributed by atoms with Crippen LogP contribution in [0, 0.1) is 0 Å². The van der Waals surface area contributed by atoms with Gasteiger partial charge in [-0.15, -0.1) is 11.3 Å². The molecule has 0 spiro atoms. The van der Waals surface area contributed by atoms with Crippen LogP contribution in [0.1, 0.15) is 31.5 Å². The number of aryl methyl sites for hydroxylation is 1. The normalized spacial score (nSPS) is 17.7. The number of amides is 3. The number of nitrogens with zero attached hydrogens (tertiary/aromatic N) is 3. The first-order chi connectivity index (χ1) is 9.83. The van der Waals surface area contributed by atoms with Gasteiger partial charge in [0.2, 0.25) is 0 Å². The van der Waals surface area contributed by atoms with E-state index >= 15 is 0 Å². The fourth-order valence-corrected chi connectivity index (χ4v) is 2.97. The van der Waals surface area contributed by atoms with Crippen LogP contribution in [0.15, 0.2) is 5.38 Å². The predicted octanol–water partition coefficient (Wildman–Crippen LogP) is 1.47. The number of imide groups is 1. The Balaban J connectivity index is 1.85. The van der Waals surface area contributed by atoms with Gasteiger partial charge in [0.05, 0.1) is 10.7 Å². The second-order valence-electron chi connectivity index (χ2n) is 5.84. The number of thiazole rings is 1. The second-order valence-corrected chi connectivity index (χ2v) is 6.78. The third-order valence-corrected chi connectivity index (χ3v) is 4.53. The van der Waals surface area contributed by atoms with Gasteiger partial charge < -0.3 is 5.32 Å². The smallest absolute Gasteiger partial charge is 0.324 e. The van der Waals surface area contributed by atoms with Crippen molar-refractivity contribution in [1.82, 2.24) is 20.1 Å². The van der Waals surface area contributed by atoms with Gasteiger partial charge >= 0.3 is 6.03 Å². The van der Waals surface area contributed by atoms with Crippen LogP contribution >= 0.6 is 11.3 Å². The Morgan fingerprint density at radius 3 is 2.67 bits per heavy atom. The number of carbonyl (C=O) groups excluding carboxylic acids is 2. The number of carbonyl (C=O) groups is 2. The first kappa shape index (κ1) is 15.9. The summed E-state index contributed by atoms with van der Waals surface area (Å²) in [6, 6.07) is -0.305. The Labute approximate surface area is 129 Å². The fourth-order valence-electron chi connectivity index (χ4n) is 2.23. The molecule has 3 amide bonds. The molecule has 21 heavy (non-hydrogen) atoms. The minimum Gasteiger partial charge on any atom is -0.324 e. The quantitative estimate of drug-likeness (QED) is 0.808. The first-order valence-corrected chi connectivity index (χ1v) is 7.97. The maximum atomic E-state index is 12.1. The molecule has 6 nitrogen and oxygen atoms in total. The van der Waals surface area contributed by atoms with Crippen molar-refractivity contribution in [3.05, 3.63) is 16.1 Å². The molecular formula is C14H22N4O2S. The van der Waals surface area contributed by atoms with Gasteiger partial charge in [-0.2, -0.15) is 0 Å². The summed E-state index contributed by atoms with van der Waals surface area (Å²) in [6.07, 6.45) is 0.950. The summed E-state index contributed by atoms with van der Waals surface area (Å²) in [5, 5.41) is 5.88. The van der Waals surface area contributed by atoms with E-state index in [9.17, 15) is 9.59 Å². The highest BCUT2D eigenvalue weighted by molar-refractivity contribution is 7.09. The van der Waals surface area contributed by atoms with E-state index in [0.717, 1.165) is 23.7 Å². The molecule has 0 saturated carbocycles. The summed E-state index contributed by atoms with van der Waals surface area (Å²) < 4.78 is 0. The van der Waals surface area contributed by atoms with Crippen LogP contribution in [0.3, 0.4) is 0 Å². The summed E-state index contributed by atoms with van der Waals surface area (Å²) in [7, 11) is 1.97. The van der Waals surface area contributed by atoms with Crippen LogP contribution in [0.25, 0.3) is 0 Å². The SMILES string of the molecule is CCc1nc(CN(C)CCN2C(=O)NC(C)(C)C2=O)cs1. The Kier molecular flexibility index (Phi) is 4.63. The van der Waals surface area contributed by atoms with E-state index in [2.05, 4.69) is 27.5 Å². The summed E-state index contributed by atoms with van der Waals surface area (Å²) in [5.74, 6) is -0.164. The molecule has 1 N–H and O–H groups in total. The molecule has 1 aromatic heterocycles. The van der Waals surface area contributed by atoms with Crippen LogP contribution in [-0.4, -0.2) is 52.4 Å². The van der Waals surface area contributed by atoms with Crippen molar-refractivity contribution in [3.8, 4) is 0 Å². The summed E-state index contributed by atoms with van der Waals surface area (Å²) >= 11 is 1.67. The number of aromatic nitrogens is 1. The molecule has 0 bridgehead atoms. The van der Waals surface area contributed by atoms with Crippen LogP contribution in [0.5, 0.6) is 0 Å². The lowest BCUT2D eigenvalue weighted by Gasteiger charge is -2.20. The highest BCUT2D eigenvalue weighted by Gasteiger charge is 2.43. The van der Waals surface area contributed by atoms with Gasteiger partial charge in [-0.25, -0.2) is 9.78 Å². The number of likely N-dealkylation sites (N-methyl/N-ethyl adjacent to an activating group) is 1. The minimum absolute atomic E-state index is 0.164. The molecule has 1 saturated heterocycles. The Morgan fingerprint density at radius 1 is 1.43 bits per heavy atom. The highest BCUT2D eigenvalue weighted by atomic mass is 32.1. The van der Waals surface area contributed by atoms with E-state index in [1.54, 1.807) is 25.2 Å². The maximum absolute atomic E-state index is 12.1. The Bertz CT molecular complexity index is 541. The zero-order valence-electron chi connectivity index (χ0n) is 13.0. The lowest BCUT2D eigenvalue weighted by atomic mass is 10.1. The highest BCUT2D eigenvalue weighted by Crippen LogP contribution is 2.16. The fraction of sp³-hybridized carbons (Fsp3) is 0.643. The van der Waals surface area contributed by atoms with Crippen molar-refractivity contribution < 1.29 is 9.59 Å². The number of hydrogen-bond donors (Lipinski definition) is 1. The van der Waals surface area contributed by atoms with Gasteiger partial charge in [-0.05, 0) is 27.3 Å². The van der Waals surface area contributed by atoms with E-state index in [1.807, 2.05) is 7.05 Å². The van der Waals surface area contributed by atoms with Gasteiger partial charge in [0, 0.05) is 25.0 Å². The van der Waals surface area contributed by atoms with Gasteiger partial charge in [0.1, 0.15) is 5.54 Å². The molecule has 1 fully saturated rings. The van der Waals surface area contributed by atoms with Crippen molar-refractivity contribution in [3.63, 3.8) is 0 Å². The van der Waals surface area contributed by atoms with Crippen molar-refractivity contribution in [2.75, 3.05) is 20.1 Å². The predicted molar refractivity (Wildman–Crippen MR) is 82.1 cm³/mol. The monoisotopic (exact) mass is 310 g/mol. The summed E-state index contributed by atoms with van der Waals surface area (Å²) in [4.78, 5) is 31.7. The van der Waals surface area contributed by atoms with E-state index < -0.39 is 5.54 Å². The number of urea groups is 1. The van der Waals surface area contributed by atoms with Crippen molar-refractivity contribution in [2.24, 2.45) is 0 Å². The molecule has 0 aliphatic carbocycles. The standard InChI is InChI=1S/C14H22N4O2S/c1-5-11-15-10(9-21-11)8-17(4)6-7-18-12(19)14(2,3)16-13(18)20/h9H,5-8H2,1-4H3,(H,16,20). The lowest BCUT2D eigenvalue weighted by Crippen LogP contribution is -2.41. The average molecular weight is 310 g/mol. The van der Waals surface area contributed by atoms with Gasteiger partial charge in [-0.1, -0.05) is 6.92 Å². The zero-order valence-corrected chi connectivity index (χ0v) is 13.8. The molecular weight excluding hydrogens is 288 g/mol. The van der Waals surface area contributed by atoms with Gasteiger partial charge in [0.25, 0.3) is 5.91 Å². The van der Waals surface area contributed by atoms with E-state index in [4.69, 9.17) is 0 Å². The summed E-state index contributed by atoms with van der Waals surface area (Å²) in [6.45, 7) is 7.29. The molecule has 1 aliphatic rings. The van der Waals surface area contributed by atoms with Crippen LogP contribution in [0.2, 0.25) is 0 Å². The molecule has 2 heterocycles. The van der Waals surface area contributed by atoms with E-state index in [0.29, 0.717) is 13.1 Å². The third-order valence-electron chi connectivity index (χ3n) is 3.48. The minimum atomic E-state index is -0.791.